The summed E-state index contributed by atoms with van der Waals surface area (Å²) in [5.74, 6) is -0.255. The number of amides is 1. The topological polar surface area (TPSA) is 71.8 Å². The normalized spacial score (nSPS) is 10.4. The lowest BCUT2D eigenvalue weighted by atomic mass is 10.2. The van der Waals surface area contributed by atoms with Gasteiger partial charge in [-0.05, 0) is 35.9 Å². The molecule has 0 aliphatic carbocycles. The van der Waals surface area contributed by atoms with E-state index in [2.05, 4.69) is 20.7 Å². The second-order valence-corrected chi connectivity index (χ2v) is 5.64. The summed E-state index contributed by atoms with van der Waals surface area (Å²) in [6.07, 6.45) is 5.09. The summed E-state index contributed by atoms with van der Waals surface area (Å²) in [6.45, 7) is 0.575. The Balaban J connectivity index is 1.75. The molecule has 0 unspecified atom stereocenters. The first kappa shape index (κ1) is 16.0. The van der Waals surface area contributed by atoms with Crippen LogP contribution in [0.5, 0.6) is 0 Å². The number of nitrogens with zero attached hydrogens (tertiary/aromatic N) is 3. The molecular weight excluding hydrogens is 326 g/mol. The molecule has 0 aliphatic heterocycles. The Morgan fingerprint density at radius 2 is 2.04 bits per heavy atom. The summed E-state index contributed by atoms with van der Waals surface area (Å²) in [7, 11) is 1.73. The van der Waals surface area contributed by atoms with E-state index in [-0.39, 0.29) is 5.91 Å². The summed E-state index contributed by atoms with van der Waals surface area (Å²) in [4.78, 5) is 16.6. The first-order valence-electron chi connectivity index (χ1n) is 7.35. The van der Waals surface area contributed by atoms with E-state index in [4.69, 9.17) is 11.6 Å². The van der Waals surface area contributed by atoms with Crippen molar-refractivity contribution in [1.29, 1.82) is 0 Å². The number of rotatable bonds is 5. The number of carbonyl (C=O) groups excluding carboxylic acids is 1. The Kier molecular flexibility index (Phi) is 4.77. The van der Waals surface area contributed by atoms with Crippen LogP contribution in [0.3, 0.4) is 0 Å². The van der Waals surface area contributed by atoms with Crippen LogP contribution in [0.2, 0.25) is 5.02 Å². The number of hydrogen-bond donors (Lipinski definition) is 2. The quantitative estimate of drug-likeness (QED) is 0.746. The fourth-order valence-corrected chi connectivity index (χ4v) is 2.48. The Morgan fingerprint density at radius 1 is 1.25 bits per heavy atom. The molecule has 3 rings (SSSR count). The van der Waals surface area contributed by atoms with E-state index >= 15 is 0 Å². The molecule has 0 spiro atoms. The average Bonchev–Trinajstić information content (AvgIpc) is 2.95. The molecule has 24 heavy (non-hydrogen) atoms. The second-order valence-electron chi connectivity index (χ2n) is 5.20. The number of aromatic nitrogens is 3. The minimum Gasteiger partial charge on any atom is -0.378 e. The van der Waals surface area contributed by atoms with Crippen LogP contribution in [0, 0.1) is 0 Å². The van der Waals surface area contributed by atoms with Gasteiger partial charge in [0.1, 0.15) is 5.69 Å². The van der Waals surface area contributed by atoms with E-state index in [9.17, 15) is 4.79 Å². The molecule has 0 fully saturated rings. The van der Waals surface area contributed by atoms with Gasteiger partial charge in [0.05, 0.1) is 11.9 Å². The maximum Gasteiger partial charge on any atom is 0.276 e. The van der Waals surface area contributed by atoms with E-state index in [0.29, 0.717) is 28.6 Å². The molecule has 2 N–H and O–H groups in total. The minimum absolute atomic E-state index is 0.255. The molecule has 0 radical (unpaired) electrons. The van der Waals surface area contributed by atoms with Crippen molar-refractivity contribution in [3.8, 4) is 0 Å². The first-order chi connectivity index (χ1) is 11.6. The largest absolute Gasteiger partial charge is 0.378 e. The van der Waals surface area contributed by atoms with Crippen LogP contribution in [0.4, 0.5) is 11.4 Å². The summed E-state index contributed by atoms with van der Waals surface area (Å²) in [5.41, 5.74) is 2.81. The molecule has 0 atom stereocenters. The lowest BCUT2D eigenvalue weighted by molar-refractivity contribution is 0.101. The Hall–Kier alpha value is -2.86. The van der Waals surface area contributed by atoms with Gasteiger partial charge >= 0.3 is 0 Å². The van der Waals surface area contributed by atoms with Crippen molar-refractivity contribution in [2.75, 3.05) is 10.6 Å². The van der Waals surface area contributed by atoms with Crippen molar-refractivity contribution < 1.29 is 4.79 Å². The van der Waals surface area contributed by atoms with Crippen molar-refractivity contribution in [3.63, 3.8) is 0 Å². The monoisotopic (exact) mass is 341 g/mol. The third-order valence-electron chi connectivity index (χ3n) is 3.47. The highest BCUT2D eigenvalue weighted by Crippen LogP contribution is 2.19. The zero-order valence-electron chi connectivity index (χ0n) is 13.0. The molecule has 122 valence electrons. The molecule has 0 saturated heterocycles. The molecule has 7 heteroatoms. The molecule has 6 nitrogen and oxygen atoms in total. The molecule has 2 aromatic heterocycles. The van der Waals surface area contributed by atoms with Crippen LogP contribution in [0.15, 0.2) is 55.0 Å². The standard InChI is InChI=1S/C17H16ClN5O/c1-23-16(17(24)22-14-4-2-3-13(18)9-14)15(11-21-23)20-10-12-5-7-19-8-6-12/h2-9,11,20H,10H2,1H3,(H,22,24). The SMILES string of the molecule is Cn1ncc(NCc2ccncc2)c1C(=O)Nc1cccc(Cl)c1. The van der Waals surface area contributed by atoms with Gasteiger partial charge in [0, 0.05) is 36.7 Å². The molecule has 3 aromatic rings. The van der Waals surface area contributed by atoms with Crippen LogP contribution < -0.4 is 10.6 Å². The summed E-state index contributed by atoms with van der Waals surface area (Å²) >= 11 is 5.95. The predicted octanol–water partition coefficient (Wildman–Crippen LogP) is 3.33. The zero-order valence-corrected chi connectivity index (χ0v) is 13.8. The molecule has 2 heterocycles. The fraction of sp³-hybridized carbons (Fsp3) is 0.118. The first-order valence-corrected chi connectivity index (χ1v) is 7.73. The number of nitrogens with one attached hydrogen (secondary N) is 2. The molecule has 0 aliphatic rings. The molecular formula is C17H16ClN5O. The Morgan fingerprint density at radius 3 is 2.79 bits per heavy atom. The van der Waals surface area contributed by atoms with E-state index in [1.54, 1.807) is 49.9 Å². The number of aryl methyl sites for hydroxylation is 1. The number of anilines is 2. The van der Waals surface area contributed by atoms with E-state index in [1.165, 1.54) is 4.68 Å². The predicted molar refractivity (Wildman–Crippen MR) is 94.2 cm³/mol. The van der Waals surface area contributed by atoms with Crippen molar-refractivity contribution in [1.82, 2.24) is 14.8 Å². The maximum atomic E-state index is 12.6. The number of carbonyl (C=O) groups is 1. The summed E-state index contributed by atoms with van der Waals surface area (Å²) in [6, 6.07) is 10.8. The van der Waals surface area contributed by atoms with Crippen molar-refractivity contribution >= 4 is 28.9 Å². The molecule has 0 bridgehead atoms. The van der Waals surface area contributed by atoms with Crippen LogP contribution >= 0.6 is 11.6 Å². The van der Waals surface area contributed by atoms with Gasteiger partial charge in [0.25, 0.3) is 5.91 Å². The highest BCUT2D eigenvalue weighted by atomic mass is 35.5. The minimum atomic E-state index is -0.255. The average molecular weight is 342 g/mol. The van der Waals surface area contributed by atoms with Crippen molar-refractivity contribution in [2.45, 2.75) is 6.54 Å². The smallest absolute Gasteiger partial charge is 0.276 e. The fourth-order valence-electron chi connectivity index (χ4n) is 2.29. The third kappa shape index (κ3) is 3.72. The van der Waals surface area contributed by atoms with E-state index < -0.39 is 0 Å². The molecule has 0 saturated carbocycles. The molecule has 1 aromatic carbocycles. The van der Waals surface area contributed by atoms with Gasteiger partial charge < -0.3 is 10.6 Å². The van der Waals surface area contributed by atoms with Gasteiger partial charge in [-0.15, -0.1) is 0 Å². The van der Waals surface area contributed by atoms with Gasteiger partial charge in [0.15, 0.2) is 0 Å². The van der Waals surface area contributed by atoms with Gasteiger partial charge in [0.2, 0.25) is 0 Å². The van der Waals surface area contributed by atoms with E-state index in [1.807, 2.05) is 12.1 Å². The van der Waals surface area contributed by atoms with Crippen LogP contribution in [0.25, 0.3) is 0 Å². The maximum absolute atomic E-state index is 12.6. The molecule has 1 amide bonds. The van der Waals surface area contributed by atoms with Crippen molar-refractivity contribution in [3.05, 3.63) is 71.3 Å². The highest BCUT2D eigenvalue weighted by Gasteiger charge is 2.17. The van der Waals surface area contributed by atoms with Gasteiger partial charge in [-0.3, -0.25) is 14.5 Å². The second kappa shape index (κ2) is 7.14. The number of halogens is 1. The zero-order chi connectivity index (χ0) is 16.9. The summed E-state index contributed by atoms with van der Waals surface area (Å²) in [5, 5.41) is 10.8. The third-order valence-corrected chi connectivity index (χ3v) is 3.70. The van der Waals surface area contributed by atoms with Crippen LogP contribution in [-0.2, 0) is 13.6 Å². The lowest BCUT2D eigenvalue weighted by Gasteiger charge is -2.10. The van der Waals surface area contributed by atoms with Crippen molar-refractivity contribution in [2.24, 2.45) is 7.05 Å². The number of pyridine rings is 1. The highest BCUT2D eigenvalue weighted by molar-refractivity contribution is 6.31. The summed E-state index contributed by atoms with van der Waals surface area (Å²) < 4.78 is 1.54. The Bertz CT molecular complexity index is 847. The van der Waals surface area contributed by atoms with Crippen LogP contribution in [-0.4, -0.2) is 20.7 Å². The van der Waals surface area contributed by atoms with Gasteiger partial charge in [-0.2, -0.15) is 5.10 Å². The number of hydrogen-bond acceptors (Lipinski definition) is 4. The van der Waals surface area contributed by atoms with Gasteiger partial charge in [-0.25, -0.2) is 0 Å². The van der Waals surface area contributed by atoms with Crippen LogP contribution in [0.1, 0.15) is 16.1 Å². The van der Waals surface area contributed by atoms with E-state index in [0.717, 1.165) is 5.56 Å². The van der Waals surface area contributed by atoms with Gasteiger partial charge in [-0.1, -0.05) is 17.7 Å². The number of benzene rings is 1. The Labute approximate surface area is 144 Å². The lowest BCUT2D eigenvalue weighted by Crippen LogP contribution is -2.18.